The molecule has 3 heteroatoms. The van der Waals surface area contributed by atoms with Crippen molar-refractivity contribution in [1.29, 1.82) is 0 Å². The van der Waals surface area contributed by atoms with Crippen LogP contribution in [0.1, 0.15) is 17.2 Å². The number of thiophene rings is 1. The molecule has 72 valence electrons. The van der Waals surface area contributed by atoms with E-state index in [0.29, 0.717) is 0 Å². The van der Waals surface area contributed by atoms with Gasteiger partial charge in [-0.3, -0.25) is 0 Å². The molecule has 0 aliphatic heterocycles. The Morgan fingerprint density at radius 1 is 1.07 bits per heavy atom. The number of nitrogens with two attached hydrogens (primary N) is 1. The number of rotatable bonds is 2. The molecule has 0 aliphatic rings. The van der Waals surface area contributed by atoms with Gasteiger partial charge >= 0.3 is 0 Å². The maximum Gasteiger partial charge on any atom is 0.0559 e. The fourth-order valence-electron chi connectivity index (χ4n) is 1.31. The van der Waals surface area contributed by atoms with Gasteiger partial charge in [0.2, 0.25) is 0 Å². The van der Waals surface area contributed by atoms with Gasteiger partial charge in [-0.2, -0.15) is 11.3 Å². The Balaban J connectivity index is 2.28. The Morgan fingerprint density at radius 2 is 1.79 bits per heavy atom. The van der Waals surface area contributed by atoms with Crippen molar-refractivity contribution < 1.29 is 0 Å². The van der Waals surface area contributed by atoms with Gasteiger partial charge in [-0.05, 0) is 40.1 Å². The molecule has 0 radical (unpaired) electrons. The van der Waals surface area contributed by atoms with Gasteiger partial charge in [0.1, 0.15) is 0 Å². The molecule has 1 aromatic heterocycles. The minimum absolute atomic E-state index is 0.0430. The Morgan fingerprint density at radius 3 is 2.36 bits per heavy atom. The normalized spacial score (nSPS) is 12.7. The highest BCUT2D eigenvalue weighted by molar-refractivity contribution is 7.08. The zero-order valence-corrected chi connectivity index (χ0v) is 9.05. The molecular formula is C11H10ClNS. The van der Waals surface area contributed by atoms with Crippen LogP contribution >= 0.6 is 22.9 Å². The average molecular weight is 224 g/mol. The van der Waals surface area contributed by atoms with Crippen LogP contribution in [-0.4, -0.2) is 0 Å². The lowest BCUT2D eigenvalue weighted by Crippen LogP contribution is -2.10. The summed E-state index contributed by atoms with van der Waals surface area (Å²) in [7, 11) is 0. The molecule has 14 heavy (non-hydrogen) atoms. The van der Waals surface area contributed by atoms with Crippen molar-refractivity contribution in [2.24, 2.45) is 5.73 Å². The van der Waals surface area contributed by atoms with Crippen molar-refractivity contribution >= 4 is 22.9 Å². The van der Waals surface area contributed by atoms with Gasteiger partial charge < -0.3 is 5.73 Å². The van der Waals surface area contributed by atoms with Gasteiger partial charge in [0.15, 0.2) is 0 Å². The van der Waals surface area contributed by atoms with E-state index >= 15 is 0 Å². The molecule has 2 aromatic rings. The van der Waals surface area contributed by atoms with Crippen molar-refractivity contribution in [1.82, 2.24) is 0 Å². The standard InChI is InChI=1S/C11H10ClNS/c12-10-3-1-8(2-4-10)11(13)9-5-6-14-7-9/h1-7,11H,13H2. The summed E-state index contributed by atoms with van der Waals surface area (Å²) in [5, 5.41) is 4.84. The molecule has 0 bridgehead atoms. The maximum atomic E-state index is 6.07. The summed E-state index contributed by atoms with van der Waals surface area (Å²) in [5.41, 5.74) is 8.32. The summed E-state index contributed by atoms with van der Waals surface area (Å²) in [6, 6.07) is 9.66. The van der Waals surface area contributed by atoms with Crippen molar-refractivity contribution in [3.8, 4) is 0 Å². The third kappa shape index (κ3) is 1.98. The molecule has 1 aromatic carbocycles. The van der Waals surface area contributed by atoms with Crippen LogP contribution in [0.4, 0.5) is 0 Å². The molecule has 0 fully saturated rings. The summed E-state index contributed by atoms with van der Waals surface area (Å²) in [6.07, 6.45) is 0. The van der Waals surface area contributed by atoms with Crippen LogP contribution < -0.4 is 5.73 Å². The molecule has 0 saturated carbocycles. The molecule has 1 nitrogen and oxygen atoms in total. The third-order valence-corrected chi connectivity index (χ3v) is 3.08. The molecule has 2 N–H and O–H groups in total. The first kappa shape index (κ1) is 9.71. The first-order chi connectivity index (χ1) is 6.77. The zero-order valence-electron chi connectivity index (χ0n) is 7.48. The van der Waals surface area contributed by atoms with Gasteiger partial charge in [0, 0.05) is 5.02 Å². The summed E-state index contributed by atoms with van der Waals surface area (Å²) in [5.74, 6) is 0. The molecule has 1 atom stereocenters. The van der Waals surface area contributed by atoms with Gasteiger partial charge in [-0.25, -0.2) is 0 Å². The van der Waals surface area contributed by atoms with E-state index in [9.17, 15) is 0 Å². The minimum atomic E-state index is -0.0430. The van der Waals surface area contributed by atoms with E-state index in [4.69, 9.17) is 17.3 Å². The van der Waals surface area contributed by atoms with Crippen LogP contribution in [0.15, 0.2) is 41.1 Å². The summed E-state index contributed by atoms with van der Waals surface area (Å²) in [6.45, 7) is 0. The monoisotopic (exact) mass is 223 g/mol. The topological polar surface area (TPSA) is 26.0 Å². The highest BCUT2D eigenvalue weighted by Crippen LogP contribution is 2.22. The number of halogens is 1. The van der Waals surface area contributed by atoms with Crippen LogP contribution in [0.2, 0.25) is 5.02 Å². The fraction of sp³-hybridized carbons (Fsp3) is 0.0909. The summed E-state index contributed by atoms with van der Waals surface area (Å²) >= 11 is 7.46. The Kier molecular flexibility index (Phi) is 2.87. The summed E-state index contributed by atoms with van der Waals surface area (Å²) < 4.78 is 0. The highest BCUT2D eigenvalue weighted by atomic mass is 35.5. The van der Waals surface area contributed by atoms with Crippen molar-refractivity contribution in [2.75, 3.05) is 0 Å². The summed E-state index contributed by atoms with van der Waals surface area (Å²) in [4.78, 5) is 0. The third-order valence-electron chi connectivity index (χ3n) is 2.13. The van der Waals surface area contributed by atoms with E-state index in [-0.39, 0.29) is 6.04 Å². The molecule has 2 rings (SSSR count). The van der Waals surface area contributed by atoms with Crippen molar-refractivity contribution in [3.05, 3.63) is 57.2 Å². The van der Waals surface area contributed by atoms with Crippen molar-refractivity contribution in [2.45, 2.75) is 6.04 Å². The Labute approximate surface area is 92.1 Å². The van der Waals surface area contributed by atoms with E-state index in [1.54, 1.807) is 11.3 Å². The minimum Gasteiger partial charge on any atom is -0.320 e. The van der Waals surface area contributed by atoms with Gasteiger partial charge in [-0.1, -0.05) is 23.7 Å². The molecule has 1 unspecified atom stereocenters. The first-order valence-corrected chi connectivity index (χ1v) is 5.62. The van der Waals surface area contributed by atoms with Crippen LogP contribution in [0.3, 0.4) is 0 Å². The lowest BCUT2D eigenvalue weighted by atomic mass is 10.0. The lowest BCUT2D eigenvalue weighted by molar-refractivity contribution is 0.877. The van der Waals surface area contributed by atoms with Crippen LogP contribution in [0, 0.1) is 0 Å². The van der Waals surface area contributed by atoms with Crippen molar-refractivity contribution in [3.63, 3.8) is 0 Å². The average Bonchev–Trinajstić information content (AvgIpc) is 2.71. The van der Waals surface area contributed by atoms with Crippen LogP contribution in [0.25, 0.3) is 0 Å². The number of hydrogen-bond donors (Lipinski definition) is 1. The molecule has 0 aliphatic carbocycles. The second-order valence-electron chi connectivity index (χ2n) is 3.09. The van der Waals surface area contributed by atoms with Gasteiger partial charge in [-0.15, -0.1) is 0 Å². The van der Waals surface area contributed by atoms with E-state index in [2.05, 4.69) is 5.38 Å². The van der Waals surface area contributed by atoms with Crippen LogP contribution in [-0.2, 0) is 0 Å². The molecular weight excluding hydrogens is 214 g/mol. The number of benzene rings is 1. The Bertz CT molecular complexity index is 394. The van der Waals surface area contributed by atoms with E-state index in [1.165, 1.54) is 0 Å². The van der Waals surface area contributed by atoms with E-state index < -0.39 is 0 Å². The van der Waals surface area contributed by atoms with Gasteiger partial charge in [0.05, 0.1) is 6.04 Å². The lowest BCUT2D eigenvalue weighted by Gasteiger charge is -2.09. The first-order valence-electron chi connectivity index (χ1n) is 4.30. The zero-order chi connectivity index (χ0) is 9.97. The highest BCUT2D eigenvalue weighted by Gasteiger charge is 2.08. The molecule has 0 amide bonds. The second kappa shape index (κ2) is 4.13. The predicted octanol–water partition coefficient (Wildman–Crippen LogP) is 3.45. The predicted molar refractivity (Wildman–Crippen MR) is 61.8 cm³/mol. The largest absolute Gasteiger partial charge is 0.320 e. The van der Waals surface area contributed by atoms with E-state index in [1.807, 2.05) is 35.7 Å². The van der Waals surface area contributed by atoms with Gasteiger partial charge in [0.25, 0.3) is 0 Å². The van der Waals surface area contributed by atoms with E-state index in [0.717, 1.165) is 16.1 Å². The molecule has 1 heterocycles. The van der Waals surface area contributed by atoms with Crippen LogP contribution in [0.5, 0.6) is 0 Å². The SMILES string of the molecule is NC(c1ccc(Cl)cc1)c1ccsc1. The molecule has 0 saturated heterocycles. The molecule has 0 spiro atoms. The quantitative estimate of drug-likeness (QED) is 0.829. The smallest absolute Gasteiger partial charge is 0.0559 e. The second-order valence-corrected chi connectivity index (χ2v) is 4.30. The maximum absolute atomic E-state index is 6.07. The number of hydrogen-bond acceptors (Lipinski definition) is 2. The fourth-order valence-corrected chi connectivity index (χ4v) is 2.14. The Hall–Kier alpha value is -0.830.